The van der Waals surface area contributed by atoms with E-state index in [-0.39, 0.29) is 12.7 Å². The van der Waals surface area contributed by atoms with E-state index in [0.717, 1.165) is 25.7 Å². The molecule has 2 atom stereocenters. The molecule has 120 valence electrons. The predicted octanol–water partition coefficient (Wildman–Crippen LogP) is 1.07. The van der Waals surface area contributed by atoms with Gasteiger partial charge in [0.05, 0.1) is 31.0 Å². The molecule has 0 aromatic heterocycles. The molecule has 0 heterocycles. The summed E-state index contributed by atoms with van der Waals surface area (Å²) in [6.45, 7) is 3.73. The molecule has 1 saturated carbocycles. The van der Waals surface area contributed by atoms with Gasteiger partial charge in [0.25, 0.3) is 0 Å². The van der Waals surface area contributed by atoms with Crippen LogP contribution in [0.4, 0.5) is 0 Å². The number of aliphatic hydroxyl groups is 2. The quantitative estimate of drug-likeness (QED) is 0.554. The van der Waals surface area contributed by atoms with Crippen LogP contribution in [0.15, 0.2) is 0 Å². The second-order valence-corrected chi connectivity index (χ2v) is 6.02. The van der Waals surface area contributed by atoms with Gasteiger partial charge in [0.1, 0.15) is 0 Å². The molecule has 1 rings (SSSR count). The van der Waals surface area contributed by atoms with Crippen LogP contribution in [0.25, 0.3) is 0 Å². The van der Waals surface area contributed by atoms with Crippen LogP contribution in [-0.2, 0) is 9.47 Å². The van der Waals surface area contributed by atoms with Crippen molar-refractivity contribution in [3.63, 3.8) is 0 Å². The monoisotopic (exact) mass is 289 g/mol. The molecule has 0 aromatic rings. The van der Waals surface area contributed by atoms with Crippen molar-refractivity contribution in [3.05, 3.63) is 0 Å². The summed E-state index contributed by atoms with van der Waals surface area (Å²) in [5.74, 6) is 0. The predicted molar refractivity (Wildman–Crippen MR) is 78.8 cm³/mol. The van der Waals surface area contributed by atoms with Crippen molar-refractivity contribution >= 4 is 0 Å². The first-order valence-corrected chi connectivity index (χ1v) is 7.77. The normalized spacial score (nSPS) is 22.2. The molecular weight excluding hydrogens is 258 g/mol. The van der Waals surface area contributed by atoms with Crippen LogP contribution in [0, 0.1) is 0 Å². The van der Waals surface area contributed by atoms with Crippen LogP contribution in [0.3, 0.4) is 0 Å². The van der Waals surface area contributed by atoms with Gasteiger partial charge in [-0.05, 0) is 19.8 Å². The Morgan fingerprint density at radius 1 is 1.15 bits per heavy atom. The van der Waals surface area contributed by atoms with Crippen molar-refractivity contribution < 1.29 is 19.7 Å². The SMILES string of the molecule is COCC(C)OCC(O)CNCC1(O)CCCCCC1. The maximum Gasteiger partial charge on any atom is 0.0897 e. The summed E-state index contributed by atoms with van der Waals surface area (Å²) in [7, 11) is 1.63. The van der Waals surface area contributed by atoms with Crippen LogP contribution in [-0.4, -0.2) is 61.4 Å². The van der Waals surface area contributed by atoms with E-state index < -0.39 is 11.7 Å². The maximum absolute atomic E-state index is 10.5. The van der Waals surface area contributed by atoms with Crippen molar-refractivity contribution in [2.24, 2.45) is 0 Å². The van der Waals surface area contributed by atoms with E-state index in [1.54, 1.807) is 7.11 Å². The lowest BCUT2D eigenvalue weighted by molar-refractivity contribution is -0.0335. The molecule has 20 heavy (non-hydrogen) atoms. The third-order valence-electron chi connectivity index (χ3n) is 3.84. The number of methoxy groups -OCH3 is 1. The number of nitrogens with one attached hydrogen (secondary N) is 1. The third kappa shape index (κ3) is 7.55. The highest BCUT2D eigenvalue weighted by Crippen LogP contribution is 2.26. The molecule has 0 bridgehead atoms. The smallest absolute Gasteiger partial charge is 0.0897 e. The fourth-order valence-corrected chi connectivity index (χ4v) is 2.65. The van der Waals surface area contributed by atoms with E-state index in [1.165, 1.54) is 12.8 Å². The summed E-state index contributed by atoms with van der Waals surface area (Å²) in [5, 5.41) is 23.5. The average molecular weight is 289 g/mol. The zero-order valence-electron chi connectivity index (χ0n) is 12.9. The van der Waals surface area contributed by atoms with Gasteiger partial charge in [-0.15, -0.1) is 0 Å². The second kappa shape index (κ2) is 9.68. The summed E-state index contributed by atoms with van der Waals surface area (Å²) in [6, 6.07) is 0. The first kappa shape index (κ1) is 17.9. The van der Waals surface area contributed by atoms with Crippen LogP contribution in [0.1, 0.15) is 45.4 Å². The summed E-state index contributed by atoms with van der Waals surface area (Å²) >= 11 is 0. The number of aliphatic hydroxyl groups excluding tert-OH is 1. The molecule has 2 unspecified atom stereocenters. The van der Waals surface area contributed by atoms with Crippen LogP contribution < -0.4 is 5.32 Å². The Labute approximate surface area is 122 Å². The fourth-order valence-electron chi connectivity index (χ4n) is 2.65. The Hall–Kier alpha value is -0.200. The summed E-state index contributed by atoms with van der Waals surface area (Å²) < 4.78 is 10.4. The average Bonchev–Trinajstić information content (AvgIpc) is 2.62. The summed E-state index contributed by atoms with van der Waals surface area (Å²) in [4.78, 5) is 0. The highest BCUT2D eigenvalue weighted by molar-refractivity contribution is 4.83. The molecule has 1 aliphatic carbocycles. The van der Waals surface area contributed by atoms with Gasteiger partial charge in [0, 0.05) is 20.2 Å². The van der Waals surface area contributed by atoms with Gasteiger partial charge >= 0.3 is 0 Å². The Kier molecular flexibility index (Phi) is 8.64. The van der Waals surface area contributed by atoms with Crippen LogP contribution in [0.5, 0.6) is 0 Å². The largest absolute Gasteiger partial charge is 0.389 e. The van der Waals surface area contributed by atoms with Crippen LogP contribution >= 0.6 is 0 Å². The molecule has 5 nitrogen and oxygen atoms in total. The van der Waals surface area contributed by atoms with Gasteiger partial charge in [-0.1, -0.05) is 25.7 Å². The summed E-state index contributed by atoms with van der Waals surface area (Å²) in [5.41, 5.74) is -0.597. The Morgan fingerprint density at radius 2 is 1.80 bits per heavy atom. The maximum atomic E-state index is 10.5. The van der Waals surface area contributed by atoms with E-state index in [9.17, 15) is 10.2 Å². The number of hydrogen-bond donors (Lipinski definition) is 3. The van der Waals surface area contributed by atoms with Gasteiger partial charge in [-0.2, -0.15) is 0 Å². The lowest BCUT2D eigenvalue weighted by Crippen LogP contribution is -2.43. The van der Waals surface area contributed by atoms with Gasteiger partial charge in [0.15, 0.2) is 0 Å². The second-order valence-electron chi connectivity index (χ2n) is 6.02. The van der Waals surface area contributed by atoms with Crippen molar-refractivity contribution in [3.8, 4) is 0 Å². The molecular formula is C15H31NO4. The molecule has 0 aliphatic heterocycles. The molecule has 5 heteroatoms. The van der Waals surface area contributed by atoms with E-state index >= 15 is 0 Å². The lowest BCUT2D eigenvalue weighted by Gasteiger charge is -2.27. The van der Waals surface area contributed by atoms with Gasteiger partial charge in [-0.3, -0.25) is 0 Å². The molecule has 0 saturated heterocycles. The molecule has 1 fully saturated rings. The number of ether oxygens (including phenoxy) is 2. The van der Waals surface area contributed by atoms with Crippen molar-refractivity contribution in [1.29, 1.82) is 0 Å². The third-order valence-corrected chi connectivity index (χ3v) is 3.84. The zero-order chi connectivity index (χ0) is 14.8. The molecule has 3 N–H and O–H groups in total. The standard InChI is InChI=1S/C15H31NO4/c1-13(10-19-2)20-11-14(17)9-16-12-15(18)7-5-3-4-6-8-15/h13-14,16-18H,3-12H2,1-2H3. The Bertz CT molecular complexity index is 242. The molecule has 0 radical (unpaired) electrons. The minimum Gasteiger partial charge on any atom is -0.389 e. The minimum absolute atomic E-state index is 0.0132. The molecule has 0 amide bonds. The fraction of sp³-hybridized carbons (Fsp3) is 1.00. The highest BCUT2D eigenvalue weighted by atomic mass is 16.5. The van der Waals surface area contributed by atoms with Crippen molar-refractivity contribution in [1.82, 2.24) is 5.32 Å². The topological polar surface area (TPSA) is 71.0 Å². The van der Waals surface area contributed by atoms with Gasteiger partial charge in [-0.25, -0.2) is 0 Å². The van der Waals surface area contributed by atoms with E-state index in [0.29, 0.717) is 19.7 Å². The van der Waals surface area contributed by atoms with Crippen molar-refractivity contribution in [2.75, 3.05) is 33.4 Å². The minimum atomic E-state index is -0.597. The first-order chi connectivity index (χ1) is 9.56. The Balaban J connectivity index is 2.12. The molecule has 0 spiro atoms. The Morgan fingerprint density at radius 3 is 2.40 bits per heavy atom. The van der Waals surface area contributed by atoms with Crippen molar-refractivity contribution in [2.45, 2.75) is 63.3 Å². The molecule has 1 aliphatic rings. The van der Waals surface area contributed by atoms with E-state index in [2.05, 4.69) is 5.32 Å². The number of rotatable bonds is 9. The van der Waals surface area contributed by atoms with E-state index in [1.807, 2.05) is 6.92 Å². The van der Waals surface area contributed by atoms with Gasteiger partial charge in [0.2, 0.25) is 0 Å². The summed E-state index contributed by atoms with van der Waals surface area (Å²) in [6.07, 6.45) is 5.78. The zero-order valence-corrected chi connectivity index (χ0v) is 12.9. The van der Waals surface area contributed by atoms with Gasteiger partial charge < -0.3 is 25.0 Å². The van der Waals surface area contributed by atoms with E-state index in [4.69, 9.17) is 9.47 Å². The first-order valence-electron chi connectivity index (χ1n) is 7.77. The molecule has 0 aromatic carbocycles. The van der Waals surface area contributed by atoms with Crippen LogP contribution in [0.2, 0.25) is 0 Å². The lowest BCUT2D eigenvalue weighted by atomic mass is 9.94. The highest BCUT2D eigenvalue weighted by Gasteiger charge is 2.27. The number of hydrogen-bond acceptors (Lipinski definition) is 5.